The van der Waals surface area contributed by atoms with Crippen molar-refractivity contribution in [1.29, 1.82) is 0 Å². The summed E-state index contributed by atoms with van der Waals surface area (Å²) in [5.74, 6) is -0.575. The summed E-state index contributed by atoms with van der Waals surface area (Å²) < 4.78 is 0. The molecule has 0 fully saturated rings. The molecule has 6 nitrogen and oxygen atoms in total. The largest absolute Gasteiger partial charge is 0.394 e. The molecule has 0 saturated carbocycles. The van der Waals surface area contributed by atoms with E-state index in [1.54, 1.807) is 0 Å². The third-order valence-corrected chi connectivity index (χ3v) is 14.8. The minimum Gasteiger partial charge on any atom is -0.394 e. The second kappa shape index (κ2) is 55.2. The molecule has 6 heteroatoms. The summed E-state index contributed by atoms with van der Waals surface area (Å²) >= 11 is 0. The Labute approximate surface area is 413 Å². The number of aliphatic hydroxyl groups is 4. The van der Waals surface area contributed by atoms with Crippen LogP contribution in [0.15, 0.2) is 0 Å². The topological polar surface area (TPSA) is 110 Å². The lowest BCUT2D eigenvalue weighted by molar-refractivity contribution is -0.132. The van der Waals surface area contributed by atoms with Gasteiger partial charge in [-0.2, -0.15) is 0 Å². The van der Waals surface area contributed by atoms with E-state index >= 15 is 0 Å². The highest BCUT2D eigenvalue weighted by atomic mass is 16.3. The summed E-state index contributed by atoms with van der Waals surface area (Å²) in [6.45, 7) is 4.10. The average Bonchev–Trinajstić information content (AvgIpc) is 3.32. The van der Waals surface area contributed by atoms with Gasteiger partial charge in [0.1, 0.15) is 12.2 Å². The zero-order chi connectivity index (χ0) is 48.1. The van der Waals surface area contributed by atoms with Crippen LogP contribution in [0, 0.1) is 0 Å². The highest BCUT2D eigenvalue weighted by molar-refractivity contribution is 5.80. The molecule has 0 aromatic rings. The van der Waals surface area contributed by atoms with Crippen LogP contribution in [0.5, 0.6) is 0 Å². The highest BCUT2D eigenvalue weighted by Crippen LogP contribution is 2.19. The van der Waals surface area contributed by atoms with Gasteiger partial charge in [-0.25, -0.2) is 0 Å². The van der Waals surface area contributed by atoms with Crippen LogP contribution in [0.3, 0.4) is 0 Å². The maximum absolute atomic E-state index is 12.6. The molecule has 1 amide bonds. The zero-order valence-electron chi connectivity index (χ0n) is 45.0. The molecule has 0 bridgehead atoms. The second-order valence-corrected chi connectivity index (χ2v) is 21.4. The summed E-state index contributed by atoms with van der Waals surface area (Å²) in [5.41, 5.74) is 0. The molecule has 0 saturated heterocycles. The number of hydrogen-bond acceptors (Lipinski definition) is 5. The zero-order valence-corrected chi connectivity index (χ0v) is 45.0. The normalized spacial score (nSPS) is 13.6. The molecule has 4 unspecified atom stereocenters. The molecule has 0 aromatic heterocycles. The van der Waals surface area contributed by atoms with Crippen molar-refractivity contribution in [3.63, 3.8) is 0 Å². The molecule has 0 aromatic carbocycles. The number of amides is 1. The molecule has 66 heavy (non-hydrogen) atoms. The van der Waals surface area contributed by atoms with Gasteiger partial charge < -0.3 is 25.7 Å². The van der Waals surface area contributed by atoms with Gasteiger partial charge in [-0.1, -0.05) is 335 Å². The van der Waals surface area contributed by atoms with Crippen molar-refractivity contribution < 1.29 is 25.2 Å². The third-order valence-electron chi connectivity index (χ3n) is 14.8. The van der Waals surface area contributed by atoms with Gasteiger partial charge in [-0.05, 0) is 12.8 Å². The van der Waals surface area contributed by atoms with Crippen molar-refractivity contribution in [3.05, 3.63) is 0 Å². The fourth-order valence-corrected chi connectivity index (χ4v) is 10.1. The Kier molecular flexibility index (Phi) is 54.7. The van der Waals surface area contributed by atoms with Gasteiger partial charge in [-0.15, -0.1) is 0 Å². The molecular weight excluding hydrogens is 815 g/mol. The Balaban J connectivity index is 3.53. The lowest BCUT2D eigenvalue weighted by Gasteiger charge is -2.27. The number of nitrogens with one attached hydrogen (secondary N) is 1. The molecule has 0 aliphatic rings. The summed E-state index contributed by atoms with van der Waals surface area (Å²) in [4.78, 5) is 12.6. The van der Waals surface area contributed by atoms with Crippen molar-refractivity contribution >= 4 is 5.91 Å². The number of aliphatic hydroxyl groups excluding tert-OH is 4. The first-order chi connectivity index (χ1) is 32.5. The Morgan fingerprint density at radius 1 is 0.318 bits per heavy atom. The monoisotopic (exact) mass is 936 g/mol. The molecule has 0 rings (SSSR count). The Bertz CT molecular complexity index is 917. The van der Waals surface area contributed by atoms with Crippen LogP contribution in [-0.2, 0) is 4.79 Å². The predicted molar refractivity (Wildman–Crippen MR) is 288 cm³/mol. The maximum Gasteiger partial charge on any atom is 0.249 e. The van der Waals surface area contributed by atoms with Crippen LogP contribution in [-0.4, -0.2) is 57.3 Å². The van der Waals surface area contributed by atoms with E-state index in [2.05, 4.69) is 19.2 Å². The van der Waals surface area contributed by atoms with Crippen LogP contribution in [0.4, 0.5) is 0 Å². The molecule has 0 radical (unpaired) electrons. The standard InChI is InChI=1S/C60H121NO5/c1-3-5-7-9-11-13-15-17-19-21-23-24-25-26-27-28-29-30-31-32-33-34-36-38-40-42-44-46-48-50-52-54-58(64)60(66)61-56(55-62)59(65)57(63)53-51-49-47-45-43-41-39-37-35-22-20-18-16-14-12-10-8-6-4-2/h56-59,62-65H,3-55H2,1-2H3,(H,61,66). The molecule has 0 spiro atoms. The Morgan fingerprint density at radius 2 is 0.515 bits per heavy atom. The summed E-state index contributed by atoms with van der Waals surface area (Å²) in [6.07, 6.45) is 64.8. The molecular formula is C60H121NO5. The van der Waals surface area contributed by atoms with Crippen LogP contribution in [0.1, 0.15) is 348 Å². The quantitative estimate of drug-likeness (QED) is 0.0390. The van der Waals surface area contributed by atoms with Crippen molar-refractivity contribution in [2.24, 2.45) is 0 Å². The van der Waals surface area contributed by atoms with E-state index in [1.807, 2.05) is 0 Å². The van der Waals surface area contributed by atoms with Crippen molar-refractivity contribution in [2.45, 2.75) is 372 Å². The highest BCUT2D eigenvalue weighted by Gasteiger charge is 2.28. The smallest absolute Gasteiger partial charge is 0.249 e. The van der Waals surface area contributed by atoms with Crippen molar-refractivity contribution in [1.82, 2.24) is 5.32 Å². The maximum atomic E-state index is 12.6. The second-order valence-electron chi connectivity index (χ2n) is 21.4. The minimum absolute atomic E-state index is 0.377. The fraction of sp³-hybridized carbons (Fsp3) is 0.983. The predicted octanol–water partition coefficient (Wildman–Crippen LogP) is 17.9. The first-order valence-corrected chi connectivity index (χ1v) is 30.4. The van der Waals surface area contributed by atoms with Gasteiger partial charge >= 0.3 is 0 Å². The summed E-state index contributed by atoms with van der Waals surface area (Å²) in [6, 6.07) is -0.981. The number of carbonyl (C=O) groups excluding carboxylic acids is 1. The average molecular weight is 937 g/mol. The van der Waals surface area contributed by atoms with Gasteiger partial charge in [0.15, 0.2) is 0 Å². The van der Waals surface area contributed by atoms with E-state index < -0.39 is 36.9 Å². The van der Waals surface area contributed by atoms with E-state index in [4.69, 9.17) is 0 Å². The Morgan fingerprint density at radius 3 is 0.727 bits per heavy atom. The molecule has 5 N–H and O–H groups in total. The first-order valence-electron chi connectivity index (χ1n) is 30.4. The lowest BCUT2D eigenvalue weighted by Crippen LogP contribution is -2.53. The number of carbonyl (C=O) groups is 1. The van der Waals surface area contributed by atoms with Crippen LogP contribution >= 0.6 is 0 Å². The molecule has 4 atom stereocenters. The molecule has 0 heterocycles. The van der Waals surface area contributed by atoms with Gasteiger partial charge in [0.2, 0.25) is 5.91 Å². The van der Waals surface area contributed by atoms with Gasteiger partial charge in [0.25, 0.3) is 0 Å². The van der Waals surface area contributed by atoms with Gasteiger partial charge in [0.05, 0.1) is 18.8 Å². The third kappa shape index (κ3) is 48.3. The molecule has 396 valence electrons. The number of hydrogen-bond donors (Lipinski definition) is 5. The van der Waals surface area contributed by atoms with Crippen molar-refractivity contribution in [3.8, 4) is 0 Å². The first kappa shape index (κ1) is 65.3. The van der Waals surface area contributed by atoms with E-state index in [0.29, 0.717) is 12.8 Å². The van der Waals surface area contributed by atoms with E-state index in [1.165, 1.54) is 283 Å². The fourth-order valence-electron chi connectivity index (χ4n) is 10.1. The Hall–Kier alpha value is -0.690. The SMILES string of the molecule is CCCCCCCCCCCCCCCCCCCCCCCCCCCCCCCCCC(O)C(=O)NC(CO)C(O)C(O)CCCCCCCCCCCCCCCCCCCCC. The van der Waals surface area contributed by atoms with Crippen LogP contribution in [0.2, 0.25) is 0 Å². The van der Waals surface area contributed by atoms with E-state index in [9.17, 15) is 25.2 Å². The molecule has 0 aliphatic carbocycles. The van der Waals surface area contributed by atoms with Crippen LogP contribution in [0.25, 0.3) is 0 Å². The lowest BCUT2D eigenvalue weighted by atomic mass is 9.99. The van der Waals surface area contributed by atoms with Crippen molar-refractivity contribution in [2.75, 3.05) is 6.61 Å². The van der Waals surface area contributed by atoms with Gasteiger partial charge in [-0.3, -0.25) is 4.79 Å². The van der Waals surface area contributed by atoms with E-state index in [0.717, 1.165) is 38.5 Å². The van der Waals surface area contributed by atoms with Crippen LogP contribution < -0.4 is 5.32 Å². The number of rotatable bonds is 57. The number of unbranched alkanes of at least 4 members (excludes halogenated alkanes) is 48. The summed E-state index contributed by atoms with van der Waals surface area (Å²) in [7, 11) is 0. The summed E-state index contributed by atoms with van der Waals surface area (Å²) in [5, 5.41) is 44.1. The minimum atomic E-state index is -1.25. The molecule has 0 aliphatic heterocycles. The van der Waals surface area contributed by atoms with E-state index in [-0.39, 0.29) is 0 Å². The van der Waals surface area contributed by atoms with Gasteiger partial charge in [0, 0.05) is 0 Å².